The van der Waals surface area contributed by atoms with Crippen molar-refractivity contribution in [3.05, 3.63) is 75.1 Å². The topological polar surface area (TPSA) is 117 Å². The van der Waals surface area contributed by atoms with E-state index in [1.54, 1.807) is 42.2 Å². The van der Waals surface area contributed by atoms with Crippen LogP contribution in [0.4, 0.5) is 17.1 Å². The molecule has 2 aromatic carbocycles. The van der Waals surface area contributed by atoms with E-state index in [2.05, 4.69) is 41.0 Å². The molecule has 11 nitrogen and oxygen atoms in total. The molecule has 0 radical (unpaired) electrons. The van der Waals surface area contributed by atoms with Crippen LogP contribution in [0, 0.1) is 15.5 Å². The maximum absolute atomic E-state index is 13.2. The molecule has 5 rings (SSSR count). The molecule has 0 spiro atoms. The van der Waals surface area contributed by atoms with Crippen LogP contribution >= 0.6 is 0 Å². The number of hydrogen-bond donors (Lipinski definition) is 1. The summed E-state index contributed by atoms with van der Waals surface area (Å²) in [5.41, 5.74) is 3.04. The minimum Gasteiger partial charge on any atom is -0.379 e. The average Bonchev–Trinajstić information content (AvgIpc) is 3.26. The number of carbonyl (C=O) groups excluding carboxylic acids is 2. The molecule has 1 fully saturated rings. The van der Waals surface area contributed by atoms with Gasteiger partial charge in [0.1, 0.15) is 5.69 Å². The molecule has 0 atom stereocenters. The van der Waals surface area contributed by atoms with E-state index in [0.29, 0.717) is 35.6 Å². The van der Waals surface area contributed by atoms with E-state index in [9.17, 15) is 19.7 Å². The van der Waals surface area contributed by atoms with Crippen LogP contribution in [0.15, 0.2) is 42.5 Å². The van der Waals surface area contributed by atoms with Gasteiger partial charge in [0.2, 0.25) is 17.3 Å². The van der Waals surface area contributed by atoms with Crippen molar-refractivity contribution >= 4 is 28.6 Å². The lowest BCUT2D eigenvalue weighted by molar-refractivity contribution is -0.805. The summed E-state index contributed by atoms with van der Waals surface area (Å²) in [4.78, 5) is 43.6. The Kier molecular flexibility index (Phi) is 7.41. The van der Waals surface area contributed by atoms with Crippen LogP contribution in [0.3, 0.4) is 0 Å². The van der Waals surface area contributed by atoms with Gasteiger partial charge in [-0.05, 0) is 28.8 Å². The van der Waals surface area contributed by atoms with Gasteiger partial charge in [-0.25, -0.2) is 0 Å². The van der Waals surface area contributed by atoms with Gasteiger partial charge in [-0.3, -0.25) is 24.6 Å². The van der Waals surface area contributed by atoms with Crippen molar-refractivity contribution in [1.29, 1.82) is 0 Å². The van der Waals surface area contributed by atoms with Crippen molar-refractivity contribution in [2.45, 2.75) is 33.7 Å². The highest BCUT2D eigenvalue weighted by Crippen LogP contribution is 2.31. The molecular formula is C29H36N7O4+. The van der Waals surface area contributed by atoms with Crippen molar-refractivity contribution in [2.75, 3.05) is 49.5 Å². The number of nitro groups is 1. The monoisotopic (exact) mass is 546 g/mol. The molecule has 0 amide bonds. The summed E-state index contributed by atoms with van der Waals surface area (Å²) in [6, 6.07) is 12.2. The van der Waals surface area contributed by atoms with Crippen LogP contribution in [-0.2, 0) is 13.6 Å². The first-order valence-electron chi connectivity index (χ1n) is 13.7. The molecule has 1 aromatic heterocycles. The molecule has 2 aliphatic rings. The van der Waals surface area contributed by atoms with E-state index in [4.69, 9.17) is 0 Å². The second-order valence-corrected chi connectivity index (χ2v) is 11.7. The predicted octanol–water partition coefficient (Wildman–Crippen LogP) is 3.06. The number of piperazine rings is 1. The molecule has 3 aromatic rings. The number of benzene rings is 2. The van der Waals surface area contributed by atoms with Gasteiger partial charge in [-0.2, -0.15) is 0 Å². The van der Waals surface area contributed by atoms with Crippen LogP contribution in [0.1, 0.15) is 59.3 Å². The molecule has 2 heterocycles. The number of aromatic nitrogens is 3. The van der Waals surface area contributed by atoms with Gasteiger partial charge < -0.3 is 10.2 Å². The third kappa shape index (κ3) is 5.46. The summed E-state index contributed by atoms with van der Waals surface area (Å²) in [5.74, 6) is -0.370. The lowest BCUT2D eigenvalue weighted by Crippen LogP contribution is -2.47. The lowest BCUT2D eigenvalue weighted by atomic mass is 9.90. The summed E-state index contributed by atoms with van der Waals surface area (Å²) in [7, 11) is 1.76. The van der Waals surface area contributed by atoms with Crippen LogP contribution in [-0.4, -0.2) is 70.4 Å². The number of nitro benzene ring substituents is 1. The Balaban J connectivity index is 1.19. The Labute approximate surface area is 233 Å². The van der Waals surface area contributed by atoms with Crippen LogP contribution in [0.2, 0.25) is 0 Å². The standard InChI is InChI=1S/C29H36N7O4/c1-29(2,3)19-30-23-18-20(10-11-24(23)36(39)40)34-16-14-33(15-17-34)12-7-13-35-26-25(31-32(35)4)27(37)21-8-5-6-9-22(21)28(26)38/h5-6,8-11,18,30H,7,12-17,19H2,1-4H3/q+1. The van der Waals surface area contributed by atoms with E-state index >= 15 is 0 Å². The smallest absolute Gasteiger partial charge is 0.292 e. The number of nitrogens with zero attached hydrogens (tertiary/aromatic N) is 6. The molecule has 210 valence electrons. The number of ketones is 2. The van der Waals surface area contributed by atoms with Crippen LogP contribution in [0.5, 0.6) is 0 Å². The summed E-state index contributed by atoms with van der Waals surface area (Å²) in [5, 5.41) is 19.2. The molecule has 11 heteroatoms. The first kappa shape index (κ1) is 27.4. The quantitative estimate of drug-likeness (QED) is 0.204. The molecule has 0 unspecified atom stereocenters. The number of hydrogen-bond acceptors (Lipinski definition) is 8. The largest absolute Gasteiger partial charge is 0.379 e. The highest BCUT2D eigenvalue weighted by atomic mass is 16.6. The van der Waals surface area contributed by atoms with E-state index < -0.39 is 0 Å². The first-order valence-corrected chi connectivity index (χ1v) is 13.7. The fourth-order valence-corrected chi connectivity index (χ4v) is 5.34. The maximum atomic E-state index is 13.2. The summed E-state index contributed by atoms with van der Waals surface area (Å²) in [6.45, 7) is 11.7. The lowest BCUT2D eigenvalue weighted by Gasteiger charge is -2.36. The molecule has 1 saturated heterocycles. The number of nitrogens with one attached hydrogen (secondary N) is 1. The third-order valence-electron chi connectivity index (χ3n) is 7.49. The molecular weight excluding hydrogens is 510 g/mol. The van der Waals surface area contributed by atoms with Gasteiger partial charge in [0, 0.05) is 67.2 Å². The zero-order valence-electron chi connectivity index (χ0n) is 23.5. The van der Waals surface area contributed by atoms with Gasteiger partial charge in [-0.15, -0.1) is 4.68 Å². The molecule has 40 heavy (non-hydrogen) atoms. The molecule has 0 bridgehead atoms. The van der Waals surface area contributed by atoms with E-state index in [0.717, 1.165) is 44.8 Å². The molecule has 1 aliphatic heterocycles. The van der Waals surface area contributed by atoms with Crippen molar-refractivity contribution in [3.63, 3.8) is 0 Å². The number of fused-ring (bicyclic) bond motifs is 2. The Morgan fingerprint density at radius 3 is 2.33 bits per heavy atom. The molecule has 0 saturated carbocycles. The maximum Gasteiger partial charge on any atom is 0.292 e. The van der Waals surface area contributed by atoms with Crippen molar-refractivity contribution < 1.29 is 19.3 Å². The van der Waals surface area contributed by atoms with Crippen molar-refractivity contribution in [3.8, 4) is 0 Å². The third-order valence-corrected chi connectivity index (χ3v) is 7.49. The second kappa shape index (κ2) is 10.8. The fourth-order valence-electron chi connectivity index (χ4n) is 5.34. The molecule has 1 aliphatic carbocycles. The Morgan fingerprint density at radius 1 is 1.00 bits per heavy atom. The second-order valence-electron chi connectivity index (χ2n) is 11.7. The average molecular weight is 547 g/mol. The summed E-state index contributed by atoms with van der Waals surface area (Å²) in [6.07, 6.45) is 0.804. The van der Waals surface area contributed by atoms with E-state index in [1.807, 2.05) is 16.8 Å². The van der Waals surface area contributed by atoms with Gasteiger partial charge in [0.25, 0.3) is 5.69 Å². The zero-order valence-corrected chi connectivity index (χ0v) is 23.5. The van der Waals surface area contributed by atoms with E-state index in [1.165, 1.54) is 0 Å². The number of aryl methyl sites for hydroxylation is 1. The number of anilines is 2. The number of rotatable bonds is 8. The fraction of sp³-hybridized carbons (Fsp3) is 0.448. The first-order chi connectivity index (χ1) is 19.0. The summed E-state index contributed by atoms with van der Waals surface area (Å²) < 4.78 is 1.81. The number of carbonyl (C=O) groups is 2. The Bertz CT molecular complexity index is 1470. The van der Waals surface area contributed by atoms with Crippen molar-refractivity contribution in [1.82, 2.24) is 14.7 Å². The Hall–Kier alpha value is -4.12. The van der Waals surface area contributed by atoms with Gasteiger partial charge in [0.15, 0.2) is 12.7 Å². The minimum atomic E-state index is -0.341. The minimum absolute atomic E-state index is 0.00410. The normalized spacial score (nSPS) is 15.7. The van der Waals surface area contributed by atoms with Crippen LogP contribution < -0.4 is 15.0 Å². The van der Waals surface area contributed by atoms with Gasteiger partial charge in [-0.1, -0.05) is 45.0 Å². The zero-order chi connectivity index (χ0) is 28.6. The Morgan fingerprint density at radius 2 is 1.68 bits per heavy atom. The summed E-state index contributed by atoms with van der Waals surface area (Å²) >= 11 is 0. The van der Waals surface area contributed by atoms with Gasteiger partial charge in [0.05, 0.1) is 11.5 Å². The highest BCUT2D eigenvalue weighted by Gasteiger charge is 2.39. The molecule has 1 N–H and O–H groups in total. The van der Waals surface area contributed by atoms with Gasteiger partial charge >= 0.3 is 0 Å². The van der Waals surface area contributed by atoms with Crippen molar-refractivity contribution in [2.24, 2.45) is 12.5 Å². The van der Waals surface area contributed by atoms with E-state index in [-0.39, 0.29) is 33.3 Å². The van der Waals surface area contributed by atoms with Crippen LogP contribution in [0.25, 0.3) is 0 Å². The predicted molar refractivity (Wildman–Crippen MR) is 151 cm³/mol. The highest BCUT2D eigenvalue weighted by molar-refractivity contribution is 6.26. The SMILES string of the molecule is C[n+]1nc2c(n1CCCN1CCN(c3ccc([N+](=O)[O-])c(NCC(C)(C)C)c3)CC1)C(=O)c1ccccc1C2=O.